The molecule has 14 atom stereocenters. The monoisotopic (exact) mass is 1250 g/mol. The number of ether oxygens (including phenoxy) is 1. The lowest BCUT2D eigenvalue weighted by Crippen LogP contribution is -2.71. The van der Waals surface area contributed by atoms with Gasteiger partial charge in [0, 0.05) is 40.6 Å². The average molecular weight is 1250 g/mol. The second-order valence-electron chi connectivity index (χ2n) is 32.4. The number of fused-ring (bicyclic) bond motifs is 2. The van der Waals surface area contributed by atoms with Crippen LogP contribution in [0, 0.1) is 74.4 Å². The van der Waals surface area contributed by atoms with Gasteiger partial charge in [-0.2, -0.15) is 0 Å². The predicted molar refractivity (Wildman–Crippen MR) is 379 cm³/mol. The van der Waals surface area contributed by atoms with E-state index in [2.05, 4.69) is 154 Å². The first-order chi connectivity index (χ1) is 45.6. The molecule has 0 saturated heterocycles. The number of methoxy groups -OCH3 is 1. The van der Waals surface area contributed by atoms with Crippen LogP contribution < -0.4 is 10.4 Å². The van der Waals surface area contributed by atoms with Crippen LogP contribution in [0.15, 0.2) is 181 Å². The molecule has 94 heavy (non-hydrogen) atoms. The Balaban J connectivity index is 0.861. The topological polar surface area (TPSA) is 107 Å². The van der Waals surface area contributed by atoms with Gasteiger partial charge in [-0.15, -0.1) is 0 Å². The van der Waals surface area contributed by atoms with Gasteiger partial charge in [0.1, 0.15) is 5.75 Å². The summed E-state index contributed by atoms with van der Waals surface area (Å²) < 4.78 is 5.52. The quantitative estimate of drug-likeness (QED) is 0.0602. The summed E-state index contributed by atoms with van der Waals surface area (Å²) in [6, 6.07) is 49.1. The Labute approximate surface area is 558 Å². The third-order valence-corrected chi connectivity index (χ3v) is 28.4. The van der Waals surface area contributed by atoms with Gasteiger partial charge in [0.15, 0.2) is 0 Å². The summed E-state index contributed by atoms with van der Waals surface area (Å²) in [5.41, 5.74) is 14.2. The zero-order chi connectivity index (χ0) is 64.5. The number of allylic oxidation sites excluding steroid dienone is 7. The Morgan fingerprint density at radius 2 is 1.52 bits per heavy atom. The van der Waals surface area contributed by atoms with Crippen molar-refractivity contribution in [2.75, 3.05) is 13.7 Å². The molecule has 0 aliphatic heterocycles. The summed E-state index contributed by atoms with van der Waals surface area (Å²) in [7, 11) is 1.79. The van der Waals surface area contributed by atoms with Crippen LogP contribution in [-0.2, 0) is 28.8 Å². The van der Waals surface area contributed by atoms with E-state index >= 15 is 0 Å². The van der Waals surface area contributed by atoms with Gasteiger partial charge in [-0.25, -0.2) is 0 Å². The number of carboxylic acid groups (broad SMARTS) is 1. The fourth-order valence-electron chi connectivity index (χ4n) is 24.3. The van der Waals surface area contributed by atoms with Crippen molar-refractivity contribution in [1.29, 1.82) is 0 Å². The van der Waals surface area contributed by atoms with Gasteiger partial charge >= 0.3 is 5.97 Å². The molecule has 4 N–H and O–H groups in total. The highest BCUT2D eigenvalue weighted by molar-refractivity contribution is 5.96. The van der Waals surface area contributed by atoms with Gasteiger partial charge < -0.3 is 25.2 Å². The summed E-state index contributed by atoms with van der Waals surface area (Å²) in [4.78, 5) is 14.6. The Kier molecular flexibility index (Phi) is 15.8. The smallest absolute Gasteiger partial charge is 0.306 e. The number of hydrogen-bond donors (Lipinski definition) is 4. The minimum absolute atomic E-state index is 0.0441. The zero-order valence-corrected chi connectivity index (χ0v) is 56.3. The summed E-state index contributed by atoms with van der Waals surface area (Å²) >= 11 is 0. The Morgan fingerprint density at radius 3 is 2.29 bits per heavy atom. The van der Waals surface area contributed by atoms with Crippen LogP contribution in [0.2, 0.25) is 0 Å². The molecule has 10 aliphatic rings. The Morgan fingerprint density at radius 1 is 0.766 bits per heavy atom. The van der Waals surface area contributed by atoms with Crippen molar-refractivity contribution in [2.24, 2.45) is 74.4 Å². The molecule has 0 amide bonds. The van der Waals surface area contributed by atoms with Crippen molar-refractivity contribution in [3.8, 4) is 16.9 Å². The molecule has 0 radical (unpaired) electrons. The predicted octanol–water partition coefficient (Wildman–Crippen LogP) is 17.9. The molecule has 16 rings (SSSR count). The molecule has 2 bridgehead atoms. The number of hydrogen-bond acceptors (Lipinski definition) is 5. The van der Waals surface area contributed by atoms with Crippen LogP contribution in [0.5, 0.6) is 5.75 Å². The number of rotatable bonds is 19. The first kappa shape index (κ1) is 62.2. The van der Waals surface area contributed by atoms with Crippen LogP contribution in [-0.4, -0.2) is 52.3 Å². The molecule has 0 aromatic heterocycles. The third kappa shape index (κ3) is 9.56. The molecule has 6 heteroatoms. The van der Waals surface area contributed by atoms with E-state index in [0.717, 1.165) is 88.2 Å². The molecule has 6 aromatic rings. The molecular weight excluding hydrogens is 1150 g/mol. The highest BCUT2D eigenvalue weighted by Gasteiger charge is 2.78. The first-order valence-corrected chi connectivity index (χ1v) is 36.8. The van der Waals surface area contributed by atoms with Gasteiger partial charge in [0.2, 0.25) is 0 Å². The van der Waals surface area contributed by atoms with E-state index in [1.165, 1.54) is 97.9 Å². The number of phenols is 1. The fourth-order valence-corrected chi connectivity index (χ4v) is 24.3. The Hall–Kier alpha value is -6.57. The van der Waals surface area contributed by atoms with Crippen molar-refractivity contribution < 1.29 is 30.0 Å². The lowest BCUT2D eigenvalue weighted by molar-refractivity contribution is -0.176. The van der Waals surface area contributed by atoms with Crippen molar-refractivity contribution >= 4 is 28.4 Å². The molecule has 488 valence electrons. The van der Waals surface area contributed by atoms with Gasteiger partial charge in [0.05, 0.1) is 24.7 Å². The van der Waals surface area contributed by atoms with Crippen molar-refractivity contribution in [2.45, 2.75) is 180 Å². The normalized spacial score (nSPS) is 33.6. The number of carboxylic acids is 1. The van der Waals surface area contributed by atoms with Crippen molar-refractivity contribution in [3.63, 3.8) is 0 Å². The maximum absolute atomic E-state index is 14.6. The average Bonchev–Trinajstić information content (AvgIpc) is 0.790. The Bertz CT molecular complexity index is 4160. The van der Waals surface area contributed by atoms with E-state index in [1.807, 2.05) is 12.1 Å². The van der Waals surface area contributed by atoms with E-state index < -0.39 is 51.7 Å². The summed E-state index contributed by atoms with van der Waals surface area (Å²) in [5, 5.41) is 54.5. The lowest BCUT2D eigenvalue weighted by Gasteiger charge is -2.75. The van der Waals surface area contributed by atoms with Gasteiger partial charge in [-0.05, 0) is 246 Å². The number of aliphatic carboxylic acids is 1. The van der Waals surface area contributed by atoms with Crippen LogP contribution in [0.3, 0.4) is 0 Å². The summed E-state index contributed by atoms with van der Waals surface area (Å²) in [6.07, 6.45) is 29.6. The standard InChI is InChI=1S/C88H100O6/c1-54(55(2)59-18-10-7-11-19-59)23-39-71(82(92)93)80-76(90)53-87(66-35-31-62(32-36-66)69(40-26-56-15-8-6-9-16-56)61-27-24-57(25-28-61)42-46-94-5)75-52-86-44-14-43-84(3)77(91)50-67-49-65-30-29-63-20-13-22-70-72(48-58-17-12-21-64(47-58)60-33-37-68(89)38-34-60)73(51-86)81(79(65)78(63)70)88(67,83(84)86)74(75)41-45-85(80,87)4/h6,8-9,12-17,20-22,24-25,27-30,33-34,37-38,44,47,49,51,55,59,62,66-67,69,71,76-77,80-81,83,89-91H,1,7,10-11,18-19,23,26,31-32,35-36,39-43,45-46,48,50,52-53H2,2-5H3,(H,92,93)/t55-,62?,66?,67-,69+,71-,76-,77+,80+,81+,83-,84-,85-,86-,87-,88-/m1/s1. The molecular formula is C88H100O6. The van der Waals surface area contributed by atoms with Gasteiger partial charge in [-0.3, -0.25) is 4.79 Å². The van der Waals surface area contributed by atoms with Crippen LogP contribution in [0.4, 0.5) is 0 Å². The van der Waals surface area contributed by atoms with Crippen molar-refractivity contribution in [3.05, 3.63) is 219 Å². The molecule has 10 aliphatic carbocycles. The molecule has 6 nitrogen and oxygen atoms in total. The number of aliphatic hydroxyl groups excluding tert-OH is 2. The van der Waals surface area contributed by atoms with Gasteiger partial charge in [0.25, 0.3) is 0 Å². The number of carbonyl (C=O) groups is 1. The number of aliphatic hydroxyl groups is 2. The summed E-state index contributed by atoms with van der Waals surface area (Å²) in [6.45, 7) is 12.8. The van der Waals surface area contributed by atoms with E-state index in [9.17, 15) is 25.2 Å². The van der Waals surface area contributed by atoms with Gasteiger partial charge in [-0.1, -0.05) is 209 Å². The molecule has 0 unspecified atom stereocenters. The number of phenolic OH excluding ortho intramolecular Hbond substituents is 1. The van der Waals surface area contributed by atoms with Crippen LogP contribution in [0.25, 0.3) is 33.5 Å². The minimum Gasteiger partial charge on any atom is -0.508 e. The number of aryl methyl sites for hydroxylation is 1. The van der Waals surface area contributed by atoms with Crippen molar-refractivity contribution in [1.82, 2.24) is 0 Å². The summed E-state index contributed by atoms with van der Waals surface area (Å²) in [5.74, 6) is 0.702. The minimum atomic E-state index is -0.775. The lowest BCUT2D eigenvalue weighted by atomic mass is 9.28. The molecule has 1 spiro atoms. The highest BCUT2D eigenvalue weighted by atomic mass is 16.5. The van der Waals surface area contributed by atoms with E-state index in [0.29, 0.717) is 56.0 Å². The maximum Gasteiger partial charge on any atom is 0.306 e. The second kappa shape index (κ2) is 23.9. The van der Waals surface area contributed by atoms with Crippen LogP contribution in [0.1, 0.15) is 176 Å². The largest absolute Gasteiger partial charge is 0.508 e. The second-order valence-corrected chi connectivity index (χ2v) is 32.4. The maximum atomic E-state index is 14.6. The fraction of sp³-hybridized carbons (Fsp3) is 0.489. The first-order valence-electron chi connectivity index (χ1n) is 36.8. The molecule has 4 saturated carbocycles. The van der Waals surface area contributed by atoms with E-state index in [1.54, 1.807) is 30.4 Å². The molecule has 6 aromatic carbocycles. The van der Waals surface area contributed by atoms with Crippen LogP contribution >= 0.6 is 0 Å². The third-order valence-electron chi connectivity index (χ3n) is 28.4. The SMILES string of the molecule is C=C(CC[C@@H](C(=O)O)[C@H]1[C@H](O)C[C@@]2(C3CCC([C@@H](CCc4ccccc4)c4ccc(CCOC)cc4)CC3)C3=C(CC[C@]12C)[C@]12[C@@H]4C=c5ccc6cccc7c6c5[C@@H]1C(=C[C@]1(C=CC[C@](C)([C@@H](O)C4)[C@H]12)C3)C=7Cc1cccc(-c2ccc(O)cc2)c1)[C@@H](C)C1CCCCC1. The molecule has 0 heterocycles. The van der Waals surface area contributed by atoms with E-state index in [-0.39, 0.29) is 34.8 Å². The zero-order valence-electron chi connectivity index (χ0n) is 56.3. The highest BCUT2D eigenvalue weighted by Crippen LogP contribution is 2.84. The number of aromatic hydroxyl groups is 1. The number of benzene rings is 6. The van der Waals surface area contributed by atoms with E-state index in [4.69, 9.17) is 11.3 Å². The molecule has 4 fully saturated rings.